The molecule has 0 aliphatic carbocycles. The number of aromatic amines is 1. The number of hydrogen-bond acceptors (Lipinski definition) is 2. The first kappa shape index (κ1) is 10.3. The van der Waals surface area contributed by atoms with Gasteiger partial charge in [-0.05, 0) is 32.6 Å². The van der Waals surface area contributed by atoms with E-state index in [0.29, 0.717) is 0 Å². The minimum Gasteiger partial charge on any atom is -0.360 e. The van der Waals surface area contributed by atoms with Crippen LogP contribution in [-0.2, 0) is 6.54 Å². The molecule has 1 rings (SSSR count). The molecule has 0 amide bonds. The van der Waals surface area contributed by atoms with Crippen LogP contribution in [-0.4, -0.2) is 24.0 Å². The summed E-state index contributed by atoms with van der Waals surface area (Å²) in [6, 6.07) is 4.33. The van der Waals surface area contributed by atoms with E-state index in [4.69, 9.17) is 5.73 Å². The smallest absolute Gasteiger partial charge is 0.0445 e. The zero-order valence-electron chi connectivity index (χ0n) is 8.67. The highest BCUT2D eigenvalue weighted by Crippen LogP contribution is 2.13. The number of rotatable bonds is 4. The predicted octanol–water partition coefficient (Wildman–Crippen LogP) is 1.49. The van der Waals surface area contributed by atoms with E-state index in [1.165, 1.54) is 5.69 Å². The first-order valence-corrected chi connectivity index (χ1v) is 4.71. The zero-order valence-corrected chi connectivity index (χ0v) is 8.67. The SMILES string of the molecule is CC[C@H](N)c1ccc(CN(C)C)[nH]1. The average molecular weight is 181 g/mol. The second-order valence-electron chi connectivity index (χ2n) is 3.69. The Bertz CT molecular complexity index is 252. The molecule has 0 radical (unpaired) electrons. The normalized spacial score (nSPS) is 13.6. The molecule has 0 spiro atoms. The predicted molar refractivity (Wildman–Crippen MR) is 55.4 cm³/mol. The van der Waals surface area contributed by atoms with E-state index >= 15 is 0 Å². The van der Waals surface area contributed by atoms with Gasteiger partial charge in [0, 0.05) is 24.0 Å². The Hall–Kier alpha value is -0.800. The highest BCUT2D eigenvalue weighted by molar-refractivity contribution is 5.15. The monoisotopic (exact) mass is 181 g/mol. The van der Waals surface area contributed by atoms with Gasteiger partial charge in [-0.1, -0.05) is 6.92 Å². The minimum atomic E-state index is 0.149. The van der Waals surface area contributed by atoms with Crippen molar-refractivity contribution in [2.24, 2.45) is 5.73 Å². The Morgan fingerprint density at radius 3 is 2.69 bits per heavy atom. The number of nitrogens with two attached hydrogens (primary N) is 1. The van der Waals surface area contributed by atoms with Crippen molar-refractivity contribution in [3.05, 3.63) is 23.5 Å². The maximum Gasteiger partial charge on any atom is 0.0445 e. The molecule has 1 atom stereocenters. The van der Waals surface area contributed by atoms with Crippen LogP contribution >= 0.6 is 0 Å². The van der Waals surface area contributed by atoms with Gasteiger partial charge in [-0.2, -0.15) is 0 Å². The molecule has 74 valence electrons. The lowest BCUT2D eigenvalue weighted by Crippen LogP contribution is -2.12. The Morgan fingerprint density at radius 1 is 1.46 bits per heavy atom. The molecule has 0 bridgehead atoms. The van der Waals surface area contributed by atoms with Crippen LogP contribution in [0.15, 0.2) is 12.1 Å². The van der Waals surface area contributed by atoms with Crippen LogP contribution in [0, 0.1) is 0 Å². The van der Waals surface area contributed by atoms with Gasteiger partial charge in [0.05, 0.1) is 0 Å². The molecular formula is C10H19N3. The first-order valence-electron chi connectivity index (χ1n) is 4.71. The third kappa shape index (κ3) is 2.86. The molecule has 0 aliphatic heterocycles. The maximum atomic E-state index is 5.89. The second kappa shape index (κ2) is 4.44. The fourth-order valence-electron chi connectivity index (χ4n) is 1.33. The molecule has 0 saturated carbocycles. The lowest BCUT2D eigenvalue weighted by Gasteiger charge is -2.08. The van der Waals surface area contributed by atoms with E-state index in [-0.39, 0.29) is 6.04 Å². The van der Waals surface area contributed by atoms with Crippen molar-refractivity contribution in [1.29, 1.82) is 0 Å². The van der Waals surface area contributed by atoms with Crippen LogP contribution in [0.25, 0.3) is 0 Å². The Kier molecular flexibility index (Phi) is 3.51. The highest BCUT2D eigenvalue weighted by atomic mass is 15.1. The molecular weight excluding hydrogens is 162 g/mol. The van der Waals surface area contributed by atoms with Crippen molar-refractivity contribution in [1.82, 2.24) is 9.88 Å². The van der Waals surface area contributed by atoms with Gasteiger partial charge in [-0.15, -0.1) is 0 Å². The highest BCUT2D eigenvalue weighted by Gasteiger charge is 2.05. The van der Waals surface area contributed by atoms with E-state index in [0.717, 1.165) is 18.7 Å². The molecule has 13 heavy (non-hydrogen) atoms. The van der Waals surface area contributed by atoms with E-state index in [1.54, 1.807) is 0 Å². The number of nitrogens with zero attached hydrogens (tertiary/aromatic N) is 1. The number of H-pyrrole nitrogens is 1. The molecule has 1 heterocycles. The summed E-state index contributed by atoms with van der Waals surface area (Å²) in [4.78, 5) is 5.46. The summed E-state index contributed by atoms with van der Waals surface area (Å²) in [6.45, 7) is 3.04. The topological polar surface area (TPSA) is 45.0 Å². The minimum absolute atomic E-state index is 0.149. The quantitative estimate of drug-likeness (QED) is 0.739. The van der Waals surface area contributed by atoms with Gasteiger partial charge in [0.2, 0.25) is 0 Å². The molecule has 0 fully saturated rings. The van der Waals surface area contributed by atoms with Crippen LogP contribution < -0.4 is 5.73 Å². The summed E-state index contributed by atoms with van der Waals surface area (Å²) >= 11 is 0. The largest absolute Gasteiger partial charge is 0.360 e. The molecule has 0 aliphatic rings. The second-order valence-corrected chi connectivity index (χ2v) is 3.69. The van der Waals surface area contributed by atoms with Crippen molar-refractivity contribution in [3.8, 4) is 0 Å². The fraction of sp³-hybridized carbons (Fsp3) is 0.600. The Labute approximate surface area is 79.9 Å². The van der Waals surface area contributed by atoms with Crippen molar-refractivity contribution >= 4 is 0 Å². The van der Waals surface area contributed by atoms with Crippen molar-refractivity contribution in [2.45, 2.75) is 25.9 Å². The van der Waals surface area contributed by atoms with Crippen LogP contribution in [0.4, 0.5) is 0 Å². The van der Waals surface area contributed by atoms with Gasteiger partial charge in [-0.25, -0.2) is 0 Å². The van der Waals surface area contributed by atoms with Gasteiger partial charge in [-0.3, -0.25) is 0 Å². The molecule has 0 aromatic carbocycles. The van der Waals surface area contributed by atoms with E-state index in [9.17, 15) is 0 Å². The van der Waals surface area contributed by atoms with Crippen LogP contribution in [0.2, 0.25) is 0 Å². The summed E-state index contributed by atoms with van der Waals surface area (Å²) in [5.74, 6) is 0. The Balaban J connectivity index is 2.63. The standard InChI is InChI=1S/C10H19N3/c1-4-9(11)10-6-5-8(12-10)7-13(2)3/h5-6,9,12H,4,7,11H2,1-3H3/t9-/m0/s1. The summed E-state index contributed by atoms with van der Waals surface area (Å²) < 4.78 is 0. The van der Waals surface area contributed by atoms with Crippen molar-refractivity contribution < 1.29 is 0 Å². The van der Waals surface area contributed by atoms with E-state index in [2.05, 4.69) is 43.0 Å². The molecule has 1 aromatic heterocycles. The lowest BCUT2D eigenvalue weighted by atomic mass is 10.2. The third-order valence-corrected chi connectivity index (χ3v) is 2.09. The zero-order chi connectivity index (χ0) is 9.84. The summed E-state index contributed by atoms with van der Waals surface area (Å²) in [5.41, 5.74) is 8.26. The van der Waals surface area contributed by atoms with Gasteiger partial charge in [0.1, 0.15) is 0 Å². The number of aromatic nitrogens is 1. The molecule has 0 saturated heterocycles. The van der Waals surface area contributed by atoms with E-state index in [1.807, 2.05) is 0 Å². The van der Waals surface area contributed by atoms with Crippen molar-refractivity contribution in [2.75, 3.05) is 14.1 Å². The summed E-state index contributed by atoms with van der Waals surface area (Å²) in [7, 11) is 4.11. The molecule has 0 unspecified atom stereocenters. The first-order chi connectivity index (χ1) is 6.13. The van der Waals surface area contributed by atoms with E-state index < -0.39 is 0 Å². The molecule has 3 nitrogen and oxygen atoms in total. The van der Waals surface area contributed by atoms with Gasteiger partial charge >= 0.3 is 0 Å². The average Bonchev–Trinajstić information content (AvgIpc) is 2.50. The fourth-order valence-corrected chi connectivity index (χ4v) is 1.33. The van der Waals surface area contributed by atoms with Crippen LogP contribution in [0.3, 0.4) is 0 Å². The lowest BCUT2D eigenvalue weighted by molar-refractivity contribution is 0.397. The van der Waals surface area contributed by atoms with Gasteiger partial charge in [0.15, 0.2) is 0 Å². The molecule has 1 aromatic rings. The van der Waals surface area contributed by atoms with Crippen LogP contribution in [0.1, 0.15) is 30.8 Å². The maximum absolute atomic E-state index is 5.89. The molecule has 3 N–H and O–H groups in total. The third-order valence-electron chi connectivity index (χ3n) is 2.09. The summed E-state index contributed by atoms with van der Waals surface area (Å²) in [6.07, 6.45) is 0.974. The van der Waals surface area contributed by atoms with Gasteiger partial charge < -0.3 is 15.6 Å². The van der Waals surface area contributed by atoms with Crippen LogP contribution in [0.5, 0.6) is 0 Å². The summed E-state index contributed by atoms with van der Waals surface area (Å²) in [5, 5.41) is 0. The Morgan fingerprint density at radius 2 is 2.15 bits per heavy atom. The van der Waals surface area contributed by atoms with Gasteiger partial charge in [0.25, 0.3) is 0 Å². The number of nitrogens with one attached hydrogen (secondary N) is 1. The number of hydrogen-bond donors (Lipinski definition) is 2. The van der Waals surface area contributed by atoms with Crippen molar-refractivity contribution in [3.63, 3.8) is 0 Å². The molecule has 3 heteroatoms.